The zero-order chi connectivity index (χ0) is 14.3. The van der Waals surface area contributed by atoms with Crippen molar-refractivity contribution >= 4 is 23.2 Å². The number of aryl methyl sites for hydroxylation is 1. The van der Waals surface area contributed by atoms with E-state index >= 15 is 0 Å². The summed E-state index contributed by atoms with van der Waals surface area (Å²) in [4.78, 5) is 11.9. The van der Waals surface area contributed by atoms with Crippen LogP contribution >= 0.6 is 11.6 Å². The lowest BCUT2D eigenvalue weighted by Crippen LogP contribution is -2.25. The fourth-order valence-electron chi connectivity index (χ4n) is 1.63. The lowest BCUT2D eigenvalue weighted by Gasteiger charge is -2.17. The highest BCUT2D eigenvalue weighted by Gasteiger charge is 2.15. The van der Waals surface area contributed by atoms with Crippen LogP contribution in [0.1, 0.15) is 25.8 Å². The average molecular weight is 286 g/mol. The third-order valence-electron chi connectivity index (χ3n) is 2.52. The lowest BCUT2D eigenvalue weighted by molar-refractivity contribution is -0.150. The number of nitrogens with one attached hydrogen (secondary N) is 1. The molecule has 4 nitrogen and oxygen atoms in total. The maximum Gasteiger partial charge on any atom is 0.229 e. The summed E-state index contributed by atoms with van der Waals surface area (Å²) < 4.78 is 10.7. The Morgan fingerprint density at radius 2 is 1.95 bits per heavy atom. The second kappa shape index (κ2) is 8.15. The molecule has 0 radical (unpaired) electrons. The second-order valence-corrected chi connectivity index (χ2v) is 4.41. The third kappa shape index (κ3) is 5.19. The molecule has 1 aromatic carbocycles. The molecule has 0 aliphatic heterocycles. The van der Waals surface area contributed by atoms with Gasteiger partial charge in [-0.25, -0.2) is 0 Å². The van der Waals surface area contributed by atoms with Crippen molar-refractivity contribution in [1.82, 2.24) is 0 Å². The maximum absolute atomic E-state index is 11.9. The lowest BCUT2D eigenvalue weighted by atomic mass is 10.2. The van der Waals surface area contributed by atoms with Gasteiger partial charge in [0.25, 0.3) is 0 Å². The van der Waals surface area contributed by atoms with Crippen molar-refractivity contribution in [3.05, 3.63) is 28.8 Å². The largest absolute Gasteiger partial charge is 0.352 e. The van der Waals surface area contributed by atoms with E-state index in [9.17, 15) is 4.79 Å². The molecule has 0 bridgehead atoms. The number of ether oxygens (including phenoxy) is 2. The Morgan fingerprint density at radius 3 is 2.53 bits per heavy atom. The van der Waals surface area contributed by atoms with Crippen LogP contribution in [0.5, 0.6) is 0 Å². The van der Waals surface area contributed by atoms with Crippen LogP contribution in [0.25, 0.3) is 0 Å². The molecule has 1 aromatic rings. The molecule has 106 valence electrons. The molecule has 0 spiro atoms. The molecular weight excluding hydrogens is 266 g/mol. The maximum atomic E-state index is 11.9. The molecule has 1 rings (SSSR count). The van der Waals surface area contributed by atoms with Crippen molar-refractivity contribution in [2.45, 2.75) is 33.5 Å². The van der Waals surface area contributed by atoms with Crippen molar-refractivity contribution in [2.75, 3.05) is 18.5 Å². The van der Waals surface area contributed by atoms with Gasteiger partial charge in [-0.2, -0.15) is 0 Å². The van der Waals surface area contributed by atoms with E-state index in [-0.39, 0.29) is 12.3 Å². The van der Waals surface area contributed by atoms with Crippen LogP contribution in [-0.2, 0) is 14.3 Å². The quantitative estimate of drug-likeness (QED) is 0.781. The van der Waals surface area contributed by atoms with Gasteiger partial charge in [-0.1, -0.05) is 23.7 Å². The zero-order valence-electron chi connectivity index (χ0n) is 11.5. The first-order valence-electron chi connectivity index (χ1n) is 6.36. The van der Waals surface area contributed by atoms with Gasteiger partial charge < -0.3 is 14.8 Å². The highest BCUT2D eigenvalue weighted by Crippen LogP contribution is 2.25. The molecule has 0 aromatic heterocycles. The SMILES string of the molecule is CCOC(CC(=O)Nc1cccc(C)c1Cl)OCC. The molecule has 5 heteroatoms. The number of hydrogen-bond acceptors (Lipinski definition) is 3. The summed E-state index contributed by atoms with van der Waals surface area (Å²) in [5.74, 6) is -0.181. The molecule has 0 saturated heterocycles. The Balaban J connectivity index is 2.61. The zero-order valence-corrected chi connectivity index (χ0v) is 12.3. The summed E-state index contributed by atoms with van der Waals surface area (Å²) >= 11 is 6.12. The van der Waals surface area contributed by atoms with E-state index < -0.39 is 6.29 Å². The number of carbonyl (C=O) groups is 1. The molecular formula is C14H20ClNO3. The van der Waals surface area contributed by atoms with Gasteiger partial charge in [-0.05, 0) is 32.4 Å². The van der Waals surface area contributed by atoms with Crippen molar-refractivity contribution in [3.63, 3.8) is 0 Å². The Hall–Kier alpha value is -1.10. The van der Waals surface area contributed by atoms with Crippen molar-refractivity contribution < 1.29 is 14.3 Å². The van der Waals surface area contributed by atoms with Crippen LogP contribution < -0.4 is 5.32 Å². The Labute approximate surface area is 119 Å². The minimum Gasteiger partial charge on any atom is -0.352 e. The average Bonchev–Trinajstić information content (AvgIpc) is 2.35. The van der Waals surface area contributed by atoms with Crippen LogP contribution in [0, 0.1) is 6.92 Å². The summed E-state index contributed by atoms with van der Waals surface area (Å²) in [7, 11) is 0. The molecule has 0 heterocycles. The van der Waals surface area contributed by atoms with Crippen LogP contribution in [0.4, 0.5) is 5.69 Å². The van der Waals surface area contributed by atoms with Gasteiger partial charge in [0.2, 0.25) is 5.91 Å². The monoisotopic (exact) mass is 285 g/mol. The van der Waals surface area contributed by atoms with Crippen molar-refractivity contribution in [1.29, 1.82) is 0 Å². The van der Waals surface area contributed by atoms with Gasteiger partial charge in [-0.3, -0.25) is 4.79 Å². The highest BCUT2D eigenvalue weighted by molar-refractivity contribution is 6.34. The van der Waals surface area contributed by atoms with Gasteiger partial charge >= 0.3 is 0 Å². The van der Waals surface area contributed by atoms with E-state index in [1.807, 2.05) is 32.9 Å². The molecule has 1 amide bonds. The molecule has 0 unspecified atom stereocenters. The number of benzene rings is 1. The Morgan fingerprint density at radius 1 is 1.32 bits per heavy atom. The van der Waals surface area contributed by atoms with Crippen molar-refractivity contribution in [2.24, 2.45) is 0 Å². The summed E-state index contributed by atoms with van der Waals surface area (Å²) in [6, 6.07) is 5.50. The van der Waals surface area contributed by atoms with Gasteiger partial charge in [0.15, 0.2) is 6.29 Å². The van der Waals surface area contributed by atoms with Gasteiger partial charge in [0.05, 0.1) is 17.1 Å². The van der Waals surface area contributed by atoms with Crippen LogP contribution in [-0.4, -0.2) is 25.4 Å². The fraction of sp³-hybridized carbons (Fsp3) is 0.500. The summed E-state index contributed by atoms with van der Waals surface area (Å²) in [5, 5.41) is 3.32. The molecule has 19 heavy (non-hydrogen) atoms. The Kier molecular flexibility index (Phi) is 6.84. The number of carbonyl (C=O) groups excluding carboxylic acids is 1. The van der Waals surface area contributed by atoms with Crippen LogP contribution in [0.2, 0.25) is 5.02 Å². The molecule has 1 N–H and O–H groups in total. The first-order chi connectivity index (χ1) is 9.08. The van der Waals surface area contributed by atoms with E-state index in [2.05, 4.69) is 5.32 Å². The highest BCUT2D eigenvalue weighted by atomic mass is 35.5. The first-order valence-corrected chi connectivity index (χ1v) is 6.74. The first kappa shape index (κ1) is 16.0. The van der Waals surface area contributed by atoms with Crippen molar-refractivity contribution in [3.8, 4) is 0 Å². The van der Waals surface area contributed by atoms with Gasteiger partial charge in [0, 0.05) is 13.2 Å². The van der Waals surface area contributed by atoms with Gasteiger partial charge in [-0.15, -0.1) is 0 Å². The minimum atomic E-state index is -0.515. The molecule has 0 aliphatic rings. The smallest absolute Gasteiger partial charge is 0.229 e. The van der Waals surface area contributed by atoms with E-state index in [1.165, 1.54) is 0 Å². The number of amides is 1. The number of hydrogen-bond donors (Lipinski definition) is 1. The number of halogens is 1. The number of anilines is 1. The van der Waals surface area contributed by atoms with Gasteiger partial charge in [0.1, 0.15) is 0 Å². The predicted octanol–water partition coefficient (Wildman–Crippen LogP) is 3.38. The topological polar surface area (TPSA) is 47.6 Å². The standard InChI is InChI=1S/C14H20ClNO3/c1-4-18-13(19-5-2)9-12(17)16-11-8-6-7-10(3)14(11)15/h6-8,13H,4-5,9H2,1-3H3,(H,16,17). The third-order valence-corrected chi connectivity index (χ3v) is 3.02. The van der Waals surface area contributed by atoms with E-state index in [0.29, 0.717) is 23.9 Å². The van der Waals surface area contributed by atoms with Crippen LogP contribution in [0.3, 0.4) is 0 Å². The van der Waals surface area contributed by atoms with Crippen LogP contribution in [0.15, 0.2) is 18.2 Å². The Bertz CT molecular complexity index is 417. The van der Waals surface area contributed by atoms with E-state index in [4.69, 9.17) is 21.1 Å². The summed E-state index contributed by atoms with van der Waals surface area (Å²) in [6.07, 6.45) is -0.370. The fourth-order valence-corrected chi connectivity index (χ4v) is 1.81. The predicted molar refractivity (Wildman–Crippen MR) is 76.5 cm³/mol. The molecule has 0 fully saturated rings. The number of rotatable bonds is 7. The normalized spacial score (nSPS) is 10.8. The molecule has 0 atom stereocenters. The minimum absolute atomic E-state index is 0.145. The van der Waals surface area contributed by atoms with E-state index in [1.54, 1.807) is 6.07 Å². The van der Waals surface area contributed by atoms with E-state index in [0.717, 1.165) is 5.56 Å². The summed E-state index contributed by atoms with van der Waals surface area (Å²) in [5.41, 5.74) is 1.53. The second-order valence-electron chi connectivity index (χ2n) is 4.03. The summed E-state index contributed by atoms with van der Waals surface area (Å²) in [6.45, 7) is 6.62. The molecule has 0 aliphatic carbocycles. The molecule has 0 saturated carbocycles.